The van der Waals surface area contributed by atoms with E-state index in [1.807, 2.05) is 6.92 Å². The molecule has 2 rings (SSSR count). The first-order valence-electron chi connectivity index (χ1n) is 7.59. The Morgan fingerprint density at radius 3 is 1.96 bits per heavy atom. The van der Waals surface area contributed by atoms with Crippen molar-refractivity contribution in [2.45, 2.75) is 26.7 Å². The van der Waals surface area contributed by atoms with Crippen LogP contribution in [0, 0.1) is 35.1 Å². The second-order valence-corrected chi connectivity index (χ2v) is 5.07. The topological polar surface area (TPSA) is 9.23 Å². The van der Waals surface area contributed by atoms with Gasteiger partial charge in [0.2, 0.25) is 5.82 Å². The molecule has 0 N–H and O–H groups in total. The first-order valence-corrected chi connectivity index (χ1v) is 7.59. The molecule has 0 amide bonds. The molecule has 0 spiro atoms. The molecule has 0 saturated heterocycles. The monoisotopic (exact) mass is 336 g/mol. The minimum atomic E-state index is -1.18. The SMILES string of the molecule is CCCc1ccc(C#Cc2ccc(OCC)c(F)c2F)c(F)c1F. The van der Waals surface area contributed by atoms with Gasteiger partial charge in [0, 0.05) is 0 Å². The Hall–Kier alpha value is -2.48. The summed E-state index contributed by atoms with van der Waals surface area (Å²) >= 11 is 0. The lowest BCUT2D eigenvalue weighted by molar-refractivity contribution is 0.314. The van der Waals surface area contributed by atoms with Crippen LogP contribution in [0.3, 0.4) is 0 Å². The summed E-state index contributed by atoms with van der Waals surface area (Å²) in [6.07, 6.45) is 1.09. The molecule has 2 aromatic carbocycles. The number of aryl methyl sites for hydroxylation is 1. The quantitative estimate of drug-likeness (QED) is 0.564. The molecule has 0 aromatic heterocycles. The van der Waals surface area contributed by atoms with Crippen LogP contribution in [0.4, 0.5) is 17.6 Å². The zero-order valence-electron chi connectivity index (χ0n) is 13.4. The molecule has 2 aromatic rings. The van der Waals surface area contributed by atoms with Gasteiger partial charge in [0.1, 0.15) is 0 Å². The van der Waals surface area contributed by atoms with Crippen molar-refractivity contribution in [2.75, 3.05) is 6.61 Å². The second-order valence-electron chi connectivity index (χ2n) is 5.07. The fourth-order valence-electron chi connectivity index (χ4n) is 2.18. The van der Waals surface area contributed by atoms with Gasteiger partial charge in [-0.05, 0) is 37.1 Å². The first-order chi connectivity index (χ1) is 11.5. The van der Waals surface area contributed by atoms with Gasteiger partial charge in [0.15, 0.2) is 23.2 Å². The third-order valence-electron chi connectivity index (χ3n) is 3.36. The van der Waals surface area contributed by atoms with Gasteiger partial charge in [-0.25, -0.2) is 13.2 Å². The maximum atomic E-state index is 14.0. The Bertz CT molecular complexity index is 738. The molecule has 0 bridgehead atoms. The highest BCUT2D eigenvalue weighted by molar-refractivity contribution is 5.47. The van der Waals surface area contributed by atoms with Crippen molar-refractivity contribution in [3.63, 3.8) is 0 Å². The summed E-state index contributed by atoms with van der Waals surface area (Å²) in [5, 5.41) is 0. The molecule has 0 aliphatic rings. The third-order valence-corrected chi connectivity index (χ3v) is 3.36. The number of hydrogen-bond acceptors (Lipinski definition) is 1. The van der Waals surface area contributed by atoms with E-state index in [9.17, 15) is 17.6 Å². The summed E-state index contributed by atoms with van der Waals surface area (Å²) in [5.41, 5.74) is -0.201. The molecule has 0 saturated carbocycles. The number of halogens is 4. The lowest BCUT2D eigenvalue weighted by Crippen LogP contribution is -1.99. The molecule has 0 aliphatic carbocycles. The maximum Gasteiger partial charge on any atom is 0.201 e. The molecule has 0 atom stereocenters. The van der Waals surface area contributed by atoms with E-state index in [0.29, 0.717) is 12.8 Å². The van der Waals surface area contributed by atoms with Crippen molar-refractivity contribution >= 4 is 0 Å². The van der Waals surface area contributed by atoms with Crippen LogP contribution in [0.25, 0.3) is 0 Å². The van der Waals surface area contributed by atoms with Gasteiger partial charge >= 0.3 is 0 Å². The molecular weight excluding hydrogens is 320 g/mol. The summed E-state index contributed by atoms with van der Waals surface area (Å²) in [6.45, 7) is 3.69. The molecule has 126 valence electrons. The molecule has 0 heterocycles. The van der Waals surface area contributed by atoms with Crippen molar-refractivity contribution in [3.8, 4) is 17.6 Å². The van der Waals surface area contributed by atoms with Crippen molar-refractivity contribution in [2.24, 2.45) is 0 Å². The summed E-state index contributed by atoms with van der Waals surface area (Å²) < 4.78 is 60.4. The second kappa shape index (κ2) is 7.87. The summed E-state index contributed by atoms with van der Waals surface area (Å²) in [6, 6.07) is 5.25. The van der Waals surface area contributed by atoms with Crippen molar-refractivity contribution in [3.05, 3.63) is 64.2 Å². The summed E-state index contributed by atoms with van der Waals surface area (Å²) in [5.74, 6) is 0.0758. The summed E-state index contributed by atoms with van der Waals surface area (Å²) in [4.78, 5) is 0. The molecule has 0 radical (unpaired) electrons. The Morgan fingerprint density at radius 1 is 0.792 bits per heavy atom. The molecule has 5 heteroatoms. The average molecular weight is 336 g/mol. The van der Waals surface area contributed by atoms with Gasteiger partial charge in [-0.1, -0.05) is 31.3 Å². The Morgan fingerprint density at radius 2 is 1.38 bits per heavy atom. The van der Waals surface area contributed by atoms with Crippen LogP contribution in [0.2, 0.25) is 0 Å². The standard InChI is InChI=1S/C19H16F4O/c1-3-5-12-6-7-13(17(21)16(12)20)8-9-14-10-11-15(24-4-2)19(23)18(14)22/h6-7,10-11H,3-5H2,1-2H3. The first kappa shape index (κ1) is 17.9. The minimum Gasteiger partial charge on any atom is -0.491 e. The smallest absolute Gasteiger partial charge is 0.201 e. The highest BCUT2D eigenvalue weighted by atomic mass is 19.2. The van der Waals surface area contributed by atoms with Crippen LogP contribution in [0.1, 0.15) is 37.0 Å². The number of hydrogen-bond donors (Lipinski definition) is 0. The van der Waals surface area contributed by atoms with Gasteiger partial charge in [-0.2, -0.15) is 4.39 Å². The van der Waals surface area contributed by atoms with E-state index in [1.54, 1.807) is 6.92 Å². The van der Waals surface area contributed by atoms with Gasteiger partial charge in [0.05, 0.1) is 17.7 Å². The normalized spacial score (nSPS) is 10.2. The van der Waals surface area contributed by atoms with Crippen LogP contribution >= 0.6 is 0 Å². The molecular formula is C19H16F4O. The van der Waals surface area contributed by atoms with Crippen molar-refractivity contribution < 1.29 is 22.3 Å². The lowest BCUT2D eigenvalue weighted by Gasteiger charge is -2.06. The Labute approximate surface area is 138 Å². The van der Waals surface area contributed by atoms with E-state index in [4.69, 9.17) is 4.74 Å². The zero-order valence-corrected chi connectivity index (χ0v) is 13.4. The van der Waals surface area contributed by atoms with Crippen LogP contribution in [0.15, 0.2) is 24.3 Å². The highest BCUT2D eigenvalue weighted by Crippen LogP contribution is 2.22. The van der Waals surface area contributed by atoms with E-state index >= 15 is 0 Å². The van der Waals surface area contributed by atoms with E-state index in [1.165, 1.54) is 24.3 Å². The molecule has 0 unspecified atom stereocenters. The summed E-state index contributed by atoms with van der Waals surface area (Å²) in [7, 11) is 0. The van der Waals surface area contributed by atoms with E-state index < -0.39 is 23.3 Å². The molecule has 0 aliphatic heterocycles. The fourth-order valence-corrected chi connectivity index (χ4v) is 2.18. The Balaban J connectivity index is 2.37. The number of ether oxygens (including phenoxy) is 1. The van der Waals surface area contributed by atoms with Crippen molar-refractivity contribution in [1.82, 2.24) is 0 Å². The average Bonchev–Trinajstić information content (AvgIpc) is 2.57. The third kappa shape index (κ3) is 3.70. The van der Waals surface area contributed by atoms with E-state index in [0.717, 1.165) is 0 Å². The van der Waals surface area contributed by atoms with Crippen LogP contribution in [-0.4, -0.2) is 6.61 Å². The van der Waals surface area contributed by atoms with Crippen LogP contribution in [-0.2, 0) is 6.42 Å². The zero-order chi connectivity index (χ0) is 17.7. The van der Waals surface area contributed by atoms with Gasteiger partial charge in [-0.15, -0.1) is 0 Å². The van der Waals surface area contributed by atoms with Gasteiger partial charge in [0.25, 0.3) is 0 Å². The molecule has 1 nitrogen and oxygen atoms in total. The maximum absolute atomic E-state index is 14.0. The van der Waals surface area contributed by atoms with E-state index in [2.05, 4.69) is 11.8 Å². The minimum absolute atomic E-state index is 0.190. The van der Waals surface area contributed by atoms with Crippen LogP contribution in [0.5, 0.6) is 5.75 Å². The van der Waals surface area contributed by atoms with Crippen molar-refractivity contribution in [1.29, 1.82) is 0 Å². The predicted octanol–water partition coefficient (Wildman–Crippen LogP) is 4.99. The number of rotatable bonds is 4. The largest absolute Gasteiger partial charge is 0.491 e. The number of benzene rings is 2. The predicted molar refractivity (Wildman–Crippen MR) is 83.9 cm³/mol. The lowest BCUT2D eigenvalue weighted by atomic mass is 10.1. The van der Waals surface area contributed by atoms with Gasteiger partial charge in [-0.3, -0.25) is 0 Å². The Kier molecular flexibility index (Phi) is 5.86. The fraction of sp³-hybridized carbons (Fsp3) is 0.263. The van der Waals surface area contributed by atoms with Crippen LogP contribution < -0.4 is 4.74 Å². The highest BCUT2D eigenvalue weighted by Gasteiger charge is 2.14. The molecule has 24 heavy (non-hydrogen) atoms. The van der Waals surface area contributed by atoms with Gasteiger partial charge < -0.3 is 4.74 Å². The van der Waals surface area contributed by atoms with E-state index in [-0.39, 0.29) is 29.0 Å². The molecule has 0 fully saturated rings.